The van der Waals surface area contributed by atoms with Crippen molar-refractivity contribution in [3.8, 4) is 11.5 Å². The maximum absolute atomic E-state index is 5.83. The third-order valence-electron chi connectivity index (χ3n) is 2.91. The summed E-state index contributed by atoms with van der Waals surface area (Å²) < 4.78 is 11.5. The zero-order chi connectivity index (χ0) is 13.4. The average Bonchev–Trinajstić information content (AvgIpc) is 2.38. The molecular weight excluding hydrogens is 226 g/mol. The van der Waals surface area contributed by atoms with Crippen LogP contribution in [0.25, 0.3) is 0 Å². The van der Waals surface area contributed by atoms with E-state index < -0.39 is 0 Å². The van der Waals surface area contributed by atoms with Crippen LogP contribution >= 0.6 is 0 Å². The number of benzene rings is 1. The SMILES string of the molecule is CCOc1cc(CNC)ccc1OCC(C)CC. The van der Waals surface area contributed by atoms with E-state index in [1.807, 2.05) is 26.1 Å². The Kier molecular flexibility index (Phi) is 6.58. The molecule has 0 heterocycles. The first kappa shape index (κ1) is 14.8. The minimum atomic E-state index is 0.566. The van der Waals surface area contributed by atoms with E-state index in [4.69, 9.17) is 9.47 Å². The summed E-state index contributed by atoms with van der Waals surface area (Å²) in [7, 11) is 1.94. The Morgan fingerprint density at radius 2 is 1.94 bits per heavy atom. The number of rotatable bonds is 8. The third kappa shape index (κ3) is 4.57. The van der Waals surface area contributed by atoms with Crippen LogP contribution in [0, 0.1) is 5.92 Å². The molecule has 0 radical (unpaired) electrons. The first-order valence-corrected chi connectivity index (χ1v) is 6.74. The van der Waals surface area contributed by atoms with Gasteiger partial charge in [0.1, 0.15) is 0 Å². The molecule has 3 heteroatoms. The van der Waals surface area contributed by atoms with Gasteiger partial charge < -0.3 is 14.8 Å². The van der Waals surface area contributed by atoms with E-state index in [9.17, 15) is 0 Å². The van der Waals surface area contributed by atoms with Crippen molar-refractivity contribution in [3.63, 3.8) is 0 Å². The quantitative estimate of drug-likeness (QED) is 0.769. The molecule has 0 aromatic heterocycles. The Labute approximate surface area is 110 Å². The third-order valence-corrected chi connectivity index (χ3v) is 2.91. The van der Waals surface area contributed by atoms with Crippen molar-refractivity contribution in [1.82, 2.24) is 5.32 Å². The van der Waals surface area contributed by atoms with E-state index >= 15 is 0 Å². The smallest absolute Gasteiger partial charge is 0.161 e. The maximum atomic E-state index is 5.83. The summed E-state index contributed by atoms with van der Waals surface area (Å²) in [4.78, 5) is 0. The summed E-state index contributed by atoms with van der Waals surface area (Å²) in [5, 5.41) is 3.14. The normalized spacial score (nSPS) is 12.2. The molecule has 0 spiro atoms. The first-order chi connectivity index (χ1) is 8.71. The topological polar surface area (TPSA) is 30.5 Å². The van der Waals surface area contributed by atoms with Gasteiger partial charge in [0.05, 0.1) is 13.2 Å². The van der Waals surface area contributed by atoms with Crippen molar-refractivity contribution in [3.05, 3.63) is 23.8 Å². The van der Waals surface area contributed by atoms with Crippen LogP contribution in [0.5, 0.6) is 11.5 Å². The van der Waals surface area contributed by atoms with Crippen LogP contribution in [0.15, 0.2) is 18.2 Å². The molecular formula is C15H25NO2. The van der Waals surface area contributed by atoms with Gasteiger partial charge in [0.25, 0.3) is 0 Å². The molecule has 0 aliphatic heterocycles. The average molecular weight is 251 g/mol. The lowest BCUT2D eigenvalue weighted by Gasteiger charge is -2.15. The van der Waals surface area contributed by atoms with Crippen LogP contribution in [0.3, 0.4) is 0 Å². The van der Waals surface area contributed by atoms with Gasteiger partial charge in [0.15, 0.2) is 11.5 Å². The van der Waals surface area contributed by atoms with Gasteiger partial charge in [0.2, 0.25) is 0 Å². The Bertz CT molecular complexity index is 352. The van der Waals surface area contributed by atoms with Gasteiger partial charge in [-0.3, -0.25) is 0 Å². The van der Waals surface area contributed by atoms with Crippen LogP contribution in [0.4, 0.5) is 0 Å². The molecule has 1 aromatic carbocycles. The molecule has 3 nitrogen and oxygen atoms in total. The van der Waals surface area contributed by atoms with E-state index in [-0.39, 0.29) is 0 Å². The van der Waals surface area contributed by atoms with E-state index in [1.54, 1.807) is 0 Å². The predicted molar refractivity (Wildman–Crippen MR) is 75.3 cm³/mol. The second-order valence-corrected chi connectivity index (χ2v) is 4.57. The van der Waals surface area contributed by atoms with Crippen molar-refractivity contribution < 1.29 is 9.47 Å². The summed E-state index contributed by atoms with van der Waals surface area (Å²) in [5.74, 6) is 2.25. The fraction of sp³-hybridized carbons (Fsp3) is 0.600. The number of ether oxygens (including phenoxy) is 2. The first-order valence-electron chi connectivity index (χ1n) is 6.74. The van der Waals surface area contributed by atoms with E-state index in [2.05, 4.69) is 25.2 Å². The van der Waals surface area contributed by atoms with Gasteiger partial charge in [-0.15, -0.1) is 0 Å². The predicted octanol–water partition coefficient (Wildman–Crippen LogP) is 3.23. The van der Waals surface area contributed by atoms with Gasteiger partial charge in [0, 0.05) is 6.54 Å². The molecule has 18 heavy (non-hydrogen) atoms. The highest BCUT2D eigenvalue weighted by Crippen LogP contribution is 2.29. The number of hydrogen-bond donors (Lipinski definition) is 1. The molecule has 0 saturated carbocycles. The number of nitrogens with one attached hydrogen (secondary N) is 1. The molecule has 0 saturated heterocycles. The fourth-order valence-electron chi connectivity index (χ4n) is 1.60. The van der Waals surface area contributed by atoms with Crippen LogP contribution in [-0.4, -0.2) is 20.3 Å². The molecule has 1 aromatic rings. The molecule has 0 amide bonds. The van der Waals surface area contributed by atoms with Gasteiger partial charge in [-0.25, -0.2) is 0 Å². The fourth-order valence-corrected chi connectivity index (χ4v) is 1.60. The molecule has 0 fully saturated rings. The monoisotopic (exact) mass is 251 g/mol. The Balaban J connectivity index is 2.75. The van der Waals surface area contributed by atoms with Crippen LogP contribution in [-0.2, 0) is 6.54 Å². The van der Waals surface area contributed by atoms with E-state index in [0.717, 1.165) is 31.1 Å². The Morgan fingerprint density at radius 3 is 2.56 bits per heavy atom. The summed E-state index contributed by atoms with van der Waals surface area (Å²) >= 11 is 0. The lowest BCUT2D eigenvalue weighted by molar-refractivity contribution is 0.237. The lowest BCUT2D eigenvalue weighted by Crippen LogP contribution is -2.09. The molecule has 0 bridgehead atoms. The second kappa shape index (κ2) is 7.98. The molecule has 0 aliphatic carbocycles. The minimum Gasteiger partial charge on any atom is -0.490 e. The maximum Gasteiger partial charge on any atom is 0.161 e. The van der Waals surface area contributed by atoms with Crippen LogP contribution < -0.4 is 14.8 Å². The van der Waals surface area contributed by atoms with Gasteiger partial charge in [-0.2, -0.15) is 0 Å². The van der Waals surface area contributed by atoms with Crippen molar-refractivity contribution in [2.75, 3.05) is 20.3 Å². The molecule has 102 valence electrons. The Morgan fingerprint density at radius 1 is 1.17 bits per heavy atom. The summed E-state index contributed by atoms with van der Waals surface area (Å²) in [5.41, 5.74) is 1.21. The van der Waals surface area contributed by atoms with E-state index in [1.165, 1.54) is 5.56 Å². The molecule has 1 rings (SSSR count). The molecule has 1 N–H and O–H groups in total. The van der Waals surface area contributed by atoms with Crippen LogP contribution in [0.2, 0.25) is 0 Å². The lowest BCUT2D eigenvalue weighted by atomic mass is 10.1. The zero-order valence-corrected chi connectivity index (χ0v) is 12.0. The molecule has 0 aliphatic rings. The molecule has 1 unspecified atom stereocenters. The standard InChI is InChI=1S/C15H25NO2/c1-5-12(3)11-18-14-8-7-13(10-16-4)9-15(14)17-6-2/h7-9,12,16H,5-6,10-11H2,1-4H3. The van der Waals surface area contributed by atoms with Gasteiger partial charge >= 0.3 is 0 Å². The zero-order valence-electron chi connectivity index (χ0n) is 12.0. The van der Waals surface area contributed by atoms with Crippen molar-refractivity contribution in [2.45, 2.75) is 33.7 Å². The minimum absolute atomic E-state index is 0.566. The van der Waals surface area contributed by atoms with Crippen LogP contribution in [0.1, 0.15) is 32.8 Å². The van der Waals surface area contributed by atoms with Gasteiger partial charge in [-0.05, 0) is 37.6 Å². The summed E-state index contributed by atoms with van der Waals surface area (Å²) in [6.45, 7) is 8.59. The van der Waals surface area contributed by atoms with Crippen molar-refractivity contribution >= 4 is 0 Å². The van der Waals surface area contributed by atoms with Crippen molar-refractivity contribution in [1.29, 1.82) is 0 Å². The Hall–Kier alpha value is -1.22. The highest BCUT2D eigenvalue weighted by atomic mass is 16.5. The summed E-state index contributed by atoms with van der Waals surface area (Å²) in [6, 6.07) is 6.12. The largest absolute Gasteiger partial charge is 0.490 e. The van der Waals surface area contributed by atoms with E-state index in [0.29, 0.717) is 12.5 Å². The summed E-state index contributed by atoms with van der Waals surface area (Å²) in [6.07, 6.45) is 1.13. The molecule has 1 atom stereocenters. The highest BCUT2D eigenvalue weighted by molar-refractivity contribution is 5.43. The number of hydrogen-bond acceptors (Lipinski definition) is 3. The van der Waals surface area contributed by atoms with Gasteiger partial charge in [-0.1, -0.05) is 26.3 Å². The van der Waals surface area contributed by atoms with Crippen molar-refractivity contribution in [2.24, 2.45) is 5.92 Å². The highest BCUT2D eigenvalue weighted by Gasteiger charge is 2.08. The second-order valence-electron chi connectivity index (χ2n) is 4.57.